The first-order valence-corrected chi connectivity index (χ1v) is 6.19. The molecule has 1 aromatic heterocycles. The third kappa shape index (κ3) is 2.23. The van der Waals surface area contributed by atoms with Crippen molar-refractivity contribution in [3.05, 3.63) is 15.6 Å². The van der Waals surface area contributed by atoms with E-state index in [2.05, 4.69) is 4.98 Å². The molecule has 1 heterocycles. The molecule has 2 N–H and O–H groups in total. The number of hydrogen-bond donors (Lipinski definition) is 2. The molecule has 0 spiro atoms. The van der Waals surface area contributed by atoms with E-state index in [1.807, 2.05) is 0 Å². The van der Waals surface area contributed by atoms with E-state index in [4.69, 9.17) is 5.11 Å². The van der Waals surface area contributed by atoms with Crippen LogP contribution in [0.15, 0.2) is 0 Å². The molecule has 0 unspecified atom stereocenters. The average Bonchev–Trinajstić information content (AvgIpc) is 2.66. The zero-order valence-corrected chi connectivity index (χ0v) is 10.2. The topological polar surface area (TPSA) is 87.5 Å². The van der Waals surface area contributed by atoms with Gasteiger partial charge in [-0.3, -0.25) is 4.79 Å². The SMILES string of the molecule is Cc1nc(C2(O)CCC(=O)CC2)sc1C(=O)O. The Balaban J connectivity index is 2.30. The summed E-state index contributed by atoms with van der Waals surface area (Å²) in [6.45, 7) is 1.61. The molecule has 92 valence electrons. The van der Waals surface area contributed by atoms with Crippen molar-refractivity contribution in [2.75, 3.05) is 0 Å². The molecule has 0 saturated heterocycles. The quantitative estimate of drug-likeness (QED) is 0.835. The lowest BCUT2D eigenvalue weighted by molar-refractivity contribution is -0.125. The zero-order valence-electron chi connectivity index (χ0n) is 9.39. The van der Waals surface area contributed by atoms with Gasteiger partial charge in [0.2, 0.25) is 0 Å². The number of carboxylic acids is 1. The van der Waals surface area contributed by atoms with Crippen molar-refractivity contribution in [3.63, 3.8) is 0 Å². The van der Waals surface area contributed by atoms with Crippen LogP contribution >= 0.6 is 11.3 Å². The molecule has 1 aliphatic carbocycles. The maximum atomic E-state index is 11.1. The Kier molecular flexibility index (Phi) is 3.01. The van der Waals surface area contributed by atoms with Crippen molar-refractivity contribution in [2.24, 2.45) is 0 Å². The number of carbonyl (C=O) groups is 2. The smallest absolute Gasteiger partial charge is 0.347 e. The molecule has 1 aromatic rings. The molecular weight excluding hydrogens is 242 g/mol. The summed E-state index contributed by atoms with van der Waals surface area (Å²) in [7, 11) is 0. The number of carbonyl (C=O) groups excluding carboxylic acids is 1. The molecule has 0 bridgehead atoms. The zero-order chi connectivity index (χ0) is 12.6. The van der Waals surface area contributed by atoms with Crippen LogP contribution in [0.5, 0.6) is 0 Å². The molecule has 0 aromatic carbocycles. The molecule has 6 heteroatoms. The molecule has 2 rings (SSSR count). The second-order valence-corrected chi connectivity index (χ2v) is 5.31. The van der Waals surface area contributed by atoms with Crippen LogP contribution < -0.4 is 0 Å². The summed E-state index contributed by atoms with van der Waals surface area (Å²) in [5, 5.41) is 19.7. The van der Waals surface area contributed by atoms with Crippen molar-refractivity contribution >= 4 is 23.1 Å². The first-order valence-electron chi connectivity index (χ1n) is 5.38. The minimum atomic E-state index is -1.13. The van der Waals surface area contributed by atoms with Gasteiger partial charge in [-0.2, -0.15) is 0 Å². The molecular formula is C11H13NO4S. The highest BCUT2D eigenvalue weighted by molar-refractivity contribution is 7.13. The van der Waals surface area contributed by atoms with E-state index >= 15 is 0 Å². The van der Waals surface area contributed by atoms with Gasteiger partial charge in [0.15, 0.2) is 0 Å². The summed E-state index contributed by atoms with van der Waals surface area (Å²) in [6.07, 6.45) is 1.32. The summed E-state index contributed by atoms with van der Waals surface area (Å²) < 4.78 is 0. The van der Waals surface area contributed by atoms with Gasteiger partial charge in [-0.1, -0.05) is 0 Å². The lowest BCUT2D eigenvalue weighted by atomic mass is 9.85. The third-order valence-electron chi connectivity index (χ3n) is 3.02. The Bertz CT molecular complexity index is 470. The van der Waals surface area contributed by atoms with Gasteiger partial charge in [-0.05, 0) is 19.8 Å². The van der Waals surface area contributed by atoms with E-state index in [1.54, 1.807) is 6.92 Å². The number of aromatic carboxylic acids is 1. The van der Waals surface area contributed by atoms with Crippen LogP contribution in [0.2, 0.25) is 0 Å². The predicted octanol–water partition coefficient (Wildman–Crippen LogP) is 1.48. The lowest BCUT2D eigenvalue weighted by Crippen LogP contribution is -2.31. The standard InChI is InChI=1S/C11H13NO4S/c1-6-8(9(14)15)17-10(12-6)11(16)4-2-7(13)3-5-11/h16H,2-5H2,1H3,(H,14,15). The Morgan fingerprint density at radius 3 is 2.47 bits per heavy atom. The van der Waals surface area contributed by atoms with E-state index in [9.17, 15) is 14.7 Å². The number of hydrogen-bond acceptors (Lipinski definition) is 5. The van der Waals surface area contributed by atoms with Gasteiger partial charge in [0.25, 0.3) is 0 Å². The van der Waals surface area contributed by atoms with Crippen LogP contribution in [0.25, 0.3) is 0 Å². The van der Waals surface area contributed by atoms with E-state index in [0.29, 0.717) is 36.4 Å². The van der Waals surface area contributed by atoms with Gasteiger partial charge < -0.3 is 10.2 Å². The Hall–Kier alpha value is -1.27. The second-order valence-electron chi connectivity index (χ2n) is 4.31. The van der Waals surface area contributed by atoms with Gasteiger partial charge in [-0.15, -0.1) is 11.3 Å². The molecule has 1 saturated carbocycles. The summed E-state index contributed by atoms with van der Waals surface area (Å²) in [5.74, 6) is -0.886. The minimum Gasteiger partial charge on any atom is -0.477 e. The van der Waals surface area contributed by atoms with Crippen LogP contribution in [-0.4, -0.2) is 26.9 Å². The number of aryl methyl sites for hydroxylation is 1. The fraction of sp³-hybridized carbons (Fsp3) is 0.545. The number of nitrogens with zero attached hydrogens (tertiary/aromatic N) is 1. The summed E-state index contributed by atoms with van der Waals surface area (Å²) in [5.41, 5.74) is -0.709. The largest absolute Gasteiger partial charge is 0.477 e. The first kappa shape index (κ1) is 12.2. The number of ketones is 1. The van der Waals surface area contributed by atoms with Crippen molar-refractivity contribution in [3.8, 4) is 0 Å². The number of carboxylic acid groups (broad SMARTS) is 1. The second kappa shape index (κ2) is 4.19. The highest BCUT2D eigenvalue weighted by atomic mass is 32.1. The lowest BCUT2D eigenvalue weighted by Gasteiger charge is -2.29. The van der Waals surface area contributed by atoms with Crippen molar-refractivity contribution < 1.29 is 19.8 Å². The summed E-state index contributed by atoms with van der Waals surface area (Å²) >= 11 is 1.00. The number of thiazole rings is 1. The van der Waals surface area contributed by atoms with Gasteiger partial charge in [-0.25, -0.2) is 9.78 Å². The van der Waals surface area contributed by atoms with Crippen LogP contribution in [0.1, 0.15) is 46.1 Å². The Morgan fingerprint density at radius 1 is 1.41 bits per heavy atom. The number of aliphatic hydroxyl groups is 1. The van der Waals surface area contributed by atoms with Crippen molar-refractivity contribution in [2.45, 2.75) is 38.2 Å². The summed E-state index contributed by atoms with van der Waals surface area (Å²) in [6, 6.07) is 0. The fourth-order valence-corrected chi connectivity index (χ4v) is 3.00. The fourth-order valence-electron chi connectivity index (χ4n) is 1.95. The van der Waals surface area contributed by atoms with Crippen LogP contribution in [0, 0.1) is 6.92 Å². The normalized spacial score (nSPS) is 19.3. The van der Waals surface area contributed by atoms with Crippen LogP contribution in [-0.2, 0) is 10.4 Å². The van der Waals surface area contributed by atoms with Crippen molar-refractivity contribution in [1.29, 1.82) is 0 Å². The Morgan fingerprint density at radius 2 is 2.00 bits per heavy atom. The molecule has 1 fully saturated rings. The molecule has 5 nitrogen and oxygen atoms in total. The monoisotopic (exact) mass is 255 g/mol. The molecule has 0 aliphatic heterocycles. The molecule has 0 radical (unpaired) electrons. The predicted molar refractivity (Wildman–Crippen MR) is 61.2 cm³/mol. The summed E-state index contributed by atoms with van der Waals surface area (Å²) in [4.78, 5) is 26.3. The molecule has 0 amide bonds. The van der Waals surface area contributed by atoms with Gasteiger partial charge in [0.05, 0.1) is 5.69 Å². The number of Topliss-reactive ketones (excluding diaryl/α,β-unsaturated/α-hetero) is 1. The van der Waals surface area contributed by atoms with Crippen LogP contribution in [0.4, 0.5) is 0 Å². The maximum Gasteiger partial charge on any atom is 0.347 e. The van der Waals surface area contributed by atoms with E-state index in [1.165, 1.54) is 0 Å². The molecule has 0 atom stereocenters. The first-order chi connectivity index (χ1) is 7.92. The molecule has 17 heavy (non-hydrogen) atoms. The Labute approximate surface area is 102 Å². The van der Waals surface area contributed by atoms with Gasteiger partial charge in [0, 0.05) is 12.8 Å². The third-order valence-corrected chi connectivity index (χ3v) is 4.36. The number of rotatable bonds is 2. The maximum absolute atomic E-state index is 11.1. The van der Waals surface area contributed by atoms with E-state index < -0.39 is 11.6 Å². The highest BCUT2D eigenvalue weighted by Gasteiger charge is 2.37. The minimum absolute atomic E-state index is 0.140. The van der Waals surface area contributed by atoms with E-state index in [0.717, 1.165) is 11.3 Å². The van der Waals surface area contributed by atoms with Crippen LogP contribution in [0.3, 0.4) is 0 Å². The number of aromatic nitrogens is 1. The van der Waals surface area contributed by atoms with Gasteiger partial charge >= 0.3 is 5.97 Å². The molecule has 1 aliphatic rings. The van der Waals surface area contributed by atoms with Gasteiger partial charge in [0.1, 0.15) is 21.3 Å². The average molecular weight is 255 g/mol. The van der Waals surface area contributed by atoms with Crippen molar-refractivity contribution in [1.82, 2.24) is 4.98 Å². The highest BCUT2D eigenvalue weighted by Crippen LogP contribution is 2.38. The van der Waals surface area contributed by atoms with E-state index in [-0.39, 0.29) is 10.7 Å².